The van der Waals surface area contributed by atoms with Gasteiger partial charge in [0.2, 0.25) is 0 Å². The maximum absolute atomic E-state index is 13.7. The lowest BCUT2D eigenvalue weighted by molar-refractivity contribution is 0.181. The average molecular weight is 471 g/mol. The number of methoxy groups -OCH3 is 1. The first-order chi connectivity index (χ1) is 17.1. The van der Waals surface area contributed by atoms with Gasteiger partial charge in [-0.15, -0.1) is 0 Å². The normalized spacial score (nSPS) is 11.2. The fourth-order valence-electron chi connectivity index (χ4n) is 3.87. The number of para-hydroxylation sites is 1. The molecule has 3 aromatic carbocycles. The molecule has 4 rings (SSSR count). The van der Waals surface area contributed by atoms with Gasteiger partial charge in [0, 0.05) is 18.2 Å². The average Bonchev–Trinajstić information content (AvgIpc) is 2.88. The van der Waals surface area contributed by atoms with Crippen LogP contribution >= 0.6 is 0 Å². The standard InChI is InChI=1S/C29H27FN2O3/c1-21-28(25-13-6-7-14-27(25)35-20-23-9-4-3-5-10-23)26(29(33)32(31-21)17-18-34-2)16-15-22-11-8-12-24(30)19-22/h3-16,19H,17-18,20H2,1-2H3. The predicted octanol–water partition coefficient (Wildman–Crippen LogP) is 5.75. The van der Waals surface area contributed by atoms with Crippen LogP contribution in [0.15, 0.2) is 83.7 Å². The van der Waals surface area contributed by atoms with Crippen LogP contribution in [-0.4, -0.2) is 23.5 Å². The number of nitrogens with zero attached hydrogens (tertiary/aromatic N) is 2. The first kappa shape index (κ1) is 24.1. The summed E-state index contributed by atoms with van der Waals surface area (Å²) in [5.41, 5.74) is 4.01. The van der Waals surface area contributed by atoms with E-state index in [1.54, 1.807) is 31.4 Å². The molecule has 0 aliphatic carbocycles. The Balaban J connectivity index is 1.81. The molecule has 178 valence electrons. The highest BCUT2D eigenvalue weighted by atomic mass is 19.1. The largest absolute Gasteiger partial charge is 0.488 e. The molecule has 0 amide bonds. The number of aromatic nitrogens is 2. The third-order valence-electron chi connectivity index (χ3n) is 5.56. The lowest BCUT2D eigenvalue weighted by atomic mass is 9.97. The number of halogens is 1. The van der Waals surface area contributed by atoms with Gasteiger partial charge in [-0.1, -0.05) is 66.7 Å². The minimum absolute atomic E-state index is 0.256. The minimum Gasteiger partial charge on any atom is -0.488 e. The molecule has 0 bridgehead atoms. The maximum atomic E-state index is 13.7. The minimum atomic E-state index is -0.338. The molecule has 1 heterocycles. The van der Waals surface area contributed by atoms with E-state index in [0.717, 1.165) is 11.1 Å². The van der Waals surface area contributed by atoms with Crippen molar-refractivity contribution in [1.29, 1.82) is 0 Å². The molecule has 0 unspecified atom stereocenters. The van der Waals surface area contributed by atoms with Crippen LogP contribution < -0.4 is 10.3 Å². The van der Waals surface area contributed by atoms with Gasteiger partial charge in [0.15, 0.2) is 0 Å². The van der Waals surface area contributed by atoms with Gasteiger partial charge in [-0.25, -0.2) is 9.07 Å². The summed E-state index contributed by atoms with van der Waals surface area (Å²) in [6, 6.07) is 23.7. The van der Waals surface area contributed by atoms with Crippen LogP contribution in [0.2, 0.25) is 0 Å². The molecule has 5 nitrogen and oxygen atoms in total. The Kier molecular flexibility index (Phi) is 7.85. The van der Waals surface area contributed by atoms with Gasteiger partial charge in [-0.2, -0.15) is 5.10 Å². The van der Waals surface area contributed by atoms with E-state index < -0.39 is 0 Å². The fourth-order valence-corrected chi connectivity index (χ4v) is 3.87. The van der Waals surface area contributed by atoms with E-state index in [9.17, 15) is 9.18 Å². The van der Waals surface area contributed by atoms with Gasteiger partial charge < -0.3 is 9.47 Å². The van der Waals surface area contributed by atoms with Crippen molar-refractivity contribution in [3.8, 4) is 16.9 Å². The Labute approximate surface area is 204 Å². The van der Waals surface area contributed by atoms with E-state index in [4.69, 9.17) is 9.47 Å². The van der Waals surface area contributed by atoms with Crippen LogP contribution in [0, 0.1) is 12.7 Å². The van der Waals surface area contributed by atoms with E-state index in [1.165, 1.54) is 16.8 Å². The van der Waals surface area contributed by atoms with Gasteiger partial charge in [-0.3, -0.25) is 4.79 Å². The van der Waals surface area contributed by atoms with Gasteiger partial charge in [-0.05, 0) is 42.3 Å². The van der Waals surface area contributed by atoms with Crippen LogP contribution in [0.5, 0.6) is 5.75 Å². The Morgan fingerprint density at radius 2 is 1.74 bits per heavy atom. The number of aryl methyl sites for hydroxylation is 1. The number of benzene rings is 3. The zero-order chi connectivity index (χ0) is 24.6. The maximum Gasteiger partial charge on any atom is 0.274 e. The van der Waals surface area contributed by atoms with Crippen molar-refractivity contribution < 1.29 is 13.9 Å². The summed E-state index contributed by atoms with van der Waals surface area (Å²) in [6.07, 6.45) is 3.45. The summed E-state index contributed by atoms with van der Waals surface area (Å²) in [5.74, 6) is 0.311. The lowest BCUT2D eigenvalue weighted by Crippen LogP contribution is -2.28. The van der Waals surface area contributed by atoms with Crippen LogP contribution in [0.4, 0.5) is 4.39 Å². The highest BCUT2D eigenvalue weighted by Gasteiger charge is 2.18. The number of hydrogen-bond donors (Lipinski definition) is 0. The quantitative estimate of drug-likeness (QED) is 0.312. The third kappa shape index (κ3) is 5.91. The van der Waals surface area contributed by atoms with Crippen molar-refractivity contribution in [3.63, 3.8) is 0 Å². The molecule has 6 heteroatoms. The van der Waals surface area contributed by atoms with Crippen LogP contribution in [0.25, 0.3) is 23.3 Å². The molecule has 1 aromatic heterocycles. The van der Waals surface area contributed by atoms with Gasteiger partial charge >= 0.3 is 0 Å². The smallest absolute Gasteiger partial charge is 0.274 e. The Morgan fingerprint density at radius 3 is 2.51 bits per heavy atom. The van der Waals surface area contributed by atoms with E-state index >= 15 is 0 Å². The molecule has 0 saturated carbocycles. The van der Waals surface area contributed by atoms with E-state index in [2.05, 4.69) is 5.10 Å². The van der Waals surface area contributed by atoms with Crippen LogP contribution in [0.1, 0.15) is 22.4 Å². The van der Waals surface area contributed by atoms with Gasteiger partial charge in [0.05, 0.1) is 24.4 Å². The van der Waals surface area contributed by atoms with Crippen molar-refractivity contribution in [2.45, 2.75) is 20.1 Å². The molecule has 0 fully saturated rings. The first-order valence-corrected chi connectivity index (χ1v) is 11.4. The molecule has 0 aliphatic heterocycles. The summed E-state index contributed by atoms with van der Waals surface area (Å²) in [7, 11) is 1.58. The predicted molar refractivity (Wildman–Crippen MR) is 137 cm³/mol. The summed E-state index contributed by atoms with van der Waals surface area (Å²) < 4.78 is 26.4. The number of ether oxygens (including phenoxy) is 2. The van der Waals surface area contributed by atoms with E-state index in [1.807, 2.05) is 61.5 Å². The molecule has 0 N–H and O–H groups in total. The molecule has 0 atom stereocenters. The zero-order valence-corrected chi connectivity index (χ0v) is 19.8. The highest BCUT2D eigenvalue weighted by molar-refractivity contribution is 5.84. The Bertz CT molecular complexity index is 1380. The Hall–Kier alpha value is -4.03. The second-order valence-corrected chi connectivity index (χ2v) is 8.05. The van der Waals surface area contributed by atoms with Gasteiger partial charge in [0.1, 0.15) is 18.2 Å². The zero-order valence-electron chi connectivity index (χ0n) is 19.8. The van der Waals surface area contributed by atoms with Crippen molar-refractivity contribution in [2.24, 2.45) is 0 Å². The fraction of sp³-hybridized carbons (Fsp3) is 0.172. The molecule has 0 radical (unpaired) electrons. The van der Waals surface area contributed by atoms with Crippen molar-refractivity contribution >= 4 is 12.2 Å². The van der Waals surface area contributed by atoms with Crippen LogP contribution in [0.3, 0.4) is 0 Å². The SMILES string of the molecule is COCCn1nc(C)c(-c2ccccc2OCc2ccccc2)c(C=Cc2cccc(F)c2)c1=O. The summed E-state index contributed by atoms with van der Waals surface area (Å²) in [4.78, 5) is 13.5. The summed E-state index contributed by atoms with van der Waals surface area (Å²) >= 11 is 0. The molecular formula is C29H27FN2O3. The van der Waals surface area contributed by atoms with E-state index in [0.29, 0.717) is 47.9 Å². The summed E-state index contributed by atoms with van der Waals surface area (Å²) in [6.45, 7) is 2.94. The summed E-state index contributed by atoms with van der Waals surface area (Å²) in [5, 5.41) is 4.55. The second-order valence-electron chi connectivity index (χ2n) is 8.05. The van der Waals surface area contributed by atoms with E-state index in [-0.39, 0.29) is 11.4 Å². The second kappa shape index (κ2) is 11.4. The Morgan fingerprint density at radius 1 is 0.971 bits per heavy atom. The molecule has 35 heavy (non-hydrogen) atoms. The molecule has 4 aromatic rings. The van der Waals surface area contributed by atoms with Crippen molar-refractivity contribution in [3.05, 3.63) is 117 Å². The molecule has 0 saturated heterocycles. The topological polar surface area (TPSA) is 53.4 Å². The first-order valence-electron chi connectivity index (χ1n) is 11.4. The molecular weight excluding hydrogens is 443 g/mol. The highest BCUT2D eigenvalue weighted by Crippen LogP contribution is 2.34. The number of rotatable bonds is 9. The molecule has 0 aliphatic rings. The third-order valence-corrected chi connectivity index (χ3v) is 5.56. The molecule has 0 spiro atoms. The number of hydrogen-bond acceptors (Lipinski definition) is 4. The van der Waals surface area contributed by atoms with Crippen molar-refractivity contribution in [1.82, 2.24) is 9.78 Å². The van der Waals surface area contributed by atoms with Crippen molar-refractivity contribution in [2.75, 3.05) is 13.7 Å². The van der Waals surface area contributed by atoms with Gasteiger partial charge in [0.25, 0.3) is 5.56 Å². The lowest BCUT2D eigenvalue weighted by Gasteiger charge is -2.17. The van der Waals surface area contributed by atoms with Crippen LogP contribution in [-0.2, 0) is 17.9 Å². The monoisotopic (exact) mass is 470 g/mol.